The van der Waals surface area contributed by atoms with Crippen molar-refractivity contribution in [1.82, 2.24) is 0 Å². The van der Waals surface area contributed by atoms with Crippen molar-refractivity contribution in [3.8, 4) is 23.0 Å². The first-order chi connectivity index (χ1) is 27.2. The third-order valence-electron chi connectivity index (χ3n) is 9.52. The van der Waals surface area contributed by atoms with Gasteiger partial charge in [0.2, 0.25) is 0 Å². The minimum Gasteiger partial charge on any atom is -0.422 e. The van der Waals surface area contributed by atoms with E-state index in [0.29, 0.717) is 23.0 Å². The minimum absolute atomic E-state index is 0.0522. The van der Waals surface area contributed by atoms with Gasteiger partial charge in [-0.25, -0.2) is 0 Å². The van der Waals surface area contributed by atoms with Gasteiger partial charge in [0.25, 0.3) is 0 Å². The Morgan fingerprint density at radius 2 is 0.855 bits per heavy atom. The standard InChI is InChI=1S/C47H36O6P2/c1-6-24-39-34(15-1)20-11-29-44(39)50-54(51-45-30-12-21-35-16-2-7-25-40(35)45)48-33-38-19-5-10-28-43(38)49-55(52-46-31-13-22-36-17-3-8-26-41(36)46)53-47-32-14-23-37-18-4-9-27-42(37)47/h1-32,34,39H,33H2. The predicted molar refractivity (Wildman–Crippen MR) is 223 cm³/mol. The molecule has 0 aliphatic heterocycles. The van der Waals surface area contributed by atoms with E-state index in [4.69, 9.17) is 27.1 Å². The van der Waals surface area contributed by atoms with Crippen molar-refractivity contribution in [3.63, 3.8) is 0 Å². The van der Waals surface area contributed by atoms with Gasteiger partial charge in [-0.05, 0) is 46.5 Å². The molecule has 0 spiro atoms. The lowest BCUT2D eigenvalue weighted by molar-refractivity contribution is 0.217. The minimum atomic E-state index is -2.00. The van der Waals surface area contributed by atoms with Crippen LogP contribution in [0.2, 0.25) is 0 Å². The molecule has 0 N–H and O–H groups in total. The maximum absolute atomic E-state index is 6.71. The van der Waals surface area contributed by atoms with Gasteiger partial charge in [-0.15, -0.1) is 0 Å². The molecule has 8 heteroatoms. The fourth-order valence-corrected chi connectivity index (χ4v) is 8.92. The lowest BCUT2D eigenvalue weighted by Crippen LogP contribution is -2.17. The molecule has 0 heterocycles. The molecular formula is C47H36O6P2. The highest BCUT2D eigenvalue weighted by Gasteiger charge is 2.30. The van der Waals surface area contributed by atoms with Crippen molar-refractivity contribution in [1.29, 1.82) is 0 Å². The van der Waals surface area contributed by atoms with E-state index in [0.717, 1.165) is 43.6 Å². The average Bonchev–Trinajstić information content (AvgIpc) is 3.24. The summed E-state index contributed by atoms with van der Waals surface area (Å²) in [6.07, 6.45) is 14.7. The third kappa shape index (κ3) is 7.85. The van der Waals surface area contributed by atoms with Crippen LogP contribution in [0.25, 0.3) is 32.3 Å². The van der Waals surface area contributed by atoms with Crippen LogP contribution in [0.3, 0.4) is 0 Å². The quantitative estimate of drug-likeness (QED) is 0.109. The Bertz CT molecular complexity index is 2500. The van der Waals surface area contributed by atoms with Crippen LogP contribution in [0, 0.1) is 11.8 Å². The Kier molecular flexibility index (Phi) is 10.3. The molecule has 0 radical (unpaired) electrons. The molecule has 270 valence electrons. The molecule has 7 aromatic rings. The smallest absolute Gasteiger partial charge is 0.422 e. The number of allylic oxidation sites excluding steroid dienone is 7. The van der Waals surface area contributed by atoms with Gasteiger partial charge in [-0.1, -0.05) is 164 Å². The second-order valence-corrected chi connectivity index (χ2v) is 15.1. The number of fused-ring (bicyclic) bond motifs is 4. The molecule has 0 aromatic heterocycles. The van der Waals surface area contributed by atoms with E-state index in [9.17, 15) is 0 Å². The molecule has 55 heavy (non-hydrogen) atoms. The normalized spacial score (nSPS) is 16.5. The van der Waals surface area contributed by atoms with Crippen LogP contribution in [0.5, 0.6) is 23.0 Å². The van der Waals surface area contributed by atoms with Crippen LogP contribution in [0.4, 0.5) is 0 Å². The van der Waals surface area contributed by atoms with E-state index in [-0.39, 0.29) is 18.4 Å². The second-order valence-electron chi connectivity index (χ2n) is 13.0. The molecule has 3 unspecified atom stereocenters. The topological polar surface area (TPSA) is 55.4 Å². The SMILES string of the molecule is C1=CC2C=CC=C(OP(OCc3ccccc3OP(Oc3cccc4ccccc34)Oc3cccc4ccccc34)Oc3cccc4ccccc34)C2C=C1. The highest BCUT2D eigenvalue weighted by molar-refractivity contribution is 7.43. The van der Waals surface area contributed by atoms with Gasteiger partial charge in [0.1, 0.15) is 28.8 Å². The molecule has 3 atom stereocenters. The molecule has 0 bridgehead atoms. The second kappa shape index (κ2) is 16.2. The van der Waals surface area contributed by atoms with E-state index in [2.05, 4.69) is 66.8 Å². The molecule has 0 saturated heterocycles. The molecule has 0 amide bonds. The van der Waals surface area contributed by atoms with Crippen LogP contribution in [-0.2, 0) is 15.7 Å². The van der Waals surface area contributed by atoms with Crippen LogP contribution >= 0.6 is 17.2 Å². The Balaban J connectivity index is 1.01. The van der Waals surface area contributed by atoms with Crippen LogP contribution in [0.1, 0.15) is 5.56 Å². The summed E-state index contributed by atoms with van der Waals surface area (Å²) < 4.78 is 39.9. The summed E-state index contributed by atoms with van der Waals surface area (Å²) in [5, 5.41) is 6.09. The van der Waals surface area contributed by atoms with E-state index < -0.39 is 17.2 Å². The zero-order valence-corrected chi connectivity index (χ0v) is 31.5. The number of benzene rings is 7. The summed E-state index contributed by atoms with van der Waals surface area (Å²) in [5.74, 6) is 3.63. The van der Waals surface area contributed by atoms with Gasteiger partial charge in [0.05, 0.1) is 6.61 Å². The van der Waals surface area contributed by atoms with Gasteiger partial charge in [0, 0.05) is 33.6 Å². The van der Waals surface area contributed by atoms with Crippen molar-refractivity contribution in [2.75, 3.05) is 0 Å². The van der Waals surface area contributed by atoms with E-state index in [1.165, 1.54) is 0 Å². The molecular weight excluding hydrogens is 722 g/mol. The van der Waals surface area contributed by atoms with Gasteiger partial charge in [-0.2, -0.15) is 0 Å². The molecule has 2 aliphatic rings. The number of hydrogen-bond acceptors (Lipinski definition) is 6. The van der Waals surface area contributed by atoms with Crippen molar-refractivity contribution in [3.05, 3.63) is 206 Å². The summed E-state index contributed by atoms with van der Waals surface area (Å²) >= 11 is 0. The summed E-state index contributed by atoms with van der Waals surface area (Å²) in [5.41, 5.74) is 0.784. The maximum atomic E-state index is 6.71. The van der Waals surface area contributed by atoms with Crippen LogP contribution in [0.15, 0.2) is 200 Å². The first-order valence-electron chi connectivity index (χ1n) is 18.1. The molecule has 2 aliphatic carbocycles. The number of para-hydroxylation sites is 1. The fraction of sp³-hybridized carbons (Fsp3) is 0.0638. The highest BCUT2D eigenvalue weighted by atomic mass is 31.2. The maximum Gasteiger partial charge on any atom is 0.530 e. The third-order valence-corrected chi connectivity index (χ3v) is 11.6. The van der Waals surface area contributed by atoms with E-state index in [1.807, 2.05) is 127 Å². The molecule has 0 saturated carbocycles. The molecule has 7 aromatic carbocycles. The van der Waals surface area contributed by atoms with Crippen molar-refractivity contribution < 1.29 is 27.1 Å². The Hall–Kier alpha value is -5.90. The first kappa shape index (κ1) is 34.8. The number of rotatable bonds is 13. The monoisotopic (exact) mass is 758 g/mol. The van der Waals surface area contributed by atoms with Crippen molar-refractivity contribution >= 4 is 49.5 Å². The average molecular weight is 759 g/mol. The largest absolute Gasteiger partial charge is 0.530 e. The van der Waals surface area contributed by atoms with Gasteiger partial charge in [0.15, 0.2) is 0 Å². The predicted octanol–water partition coefficient (Wildman–Crippen LogP) is 13.6. The summed E-state index contributed by atoms with van der Waals surface area (Å²) in [6, 6.07) is 50.1. The molecule has 0 fully saturated rings. The summed E-state index contributed by atoms with van der Waals surface area (Å²) in [6.45, 7) is 0.144. The van der Waals surface area contributed by atoms with Crippen LogP contribution in [-0.4, -0.2) is 0 Å². The summed E-state index contributed by atoms with van der Waals surface area (Å²) in [7, 11) is -3.92. The molecule has 6 nitrogen and oxygen atoms in total. The molecule has 9 rings (SSSR count). The van der Waals surface area contributed by atoms with Crippen molar-refractivity contribution in [2.45, 2.75) is 6.61 Å². The van der Waals surface area contributed by atoms with Gasteiger partial charge in [-0.3, -0.25) is 4.52 Å². The first-order valence-corrected chi connectivity index (χ1v) is 20.3. The zero-order valence-electron chi connectivity index (χ0n) is 29.7. The van der Waals surface area contributed by atoms with Crippen LogP contribution < -0.4 is 18.1 Å². The van der Waals surface area contributed by atoms with Gasteiger partial charge >= 0.3 is 17.2 Å². The lowest BCUT2D eigenvalue weighted by atomic mass is 9.84. The summed E-state index contributed by atoms with van der Waals surface area (Å²) in [4.78, 5) is 0. The van der Waals surface area contributed by atoms with E-state index in [1.54, 1.807) is 0 Å². The zero-order chi connectivity index (χ0) is 36.8. The van der Waals surface area contributed by atoms with E-state index >= 15 is 0 Å². The van der Waals surface area contributed by atoms with Crippen molar-refractivity contribution in [2.24, 2.45) is 11.8 Å². The number of hydrogen-bond donors (Lipinski definition) is 0. The Morgan fingerprint density at radius 1 is 0.400 bits per heavy atom. The Morgan fingerprint density at radius 3 is 1.47 bits per heavy atom. The Labute approximate surface area is 322 Å². The highest BCUT2D eigenvalue weighted by Crippen LogP contribution is 2.50. The lowest BCUT2D eigenvalue weighted by Gasteiger charge is -2.28. The fourth-order valence-electron chi connectivity index (χ4n) is 6.77. The van der Waals surface area contributed by atoms with Gasteiger partial charge < -0.3 is 22.6 Å².